The predicted octanol–water partition coefficient (Wildman–Crippen LogP) is 3.01. The first-order valence-electron chi connectivity index (χ1n) is 7.82. The lowest BCUT2D eigenvalue weighted by atomic mass is 10.0. The highest BCUT2D eigenvalue weighted by Gasteiger charge is 2.25. The molecule has 24 heavy (non-hydrogen) atoms. The number of hydrogen-bond acceptors (Lipinski definition) is 3. The van der Waals surface area contributed by atoms with E-state index in [0.717, 1.165) is 0 Å². The van der Waals surface area contributed by atoms with E-state index in [1.54, 1.807) is 4.90 Å². The van der Waals surface area contributed by atoms with Crippen LogP contribution in [0.3, 0.4) is 0 Å². The molecule has 8 heteroatoms. The average Bonchev–Trinajstić information content (AvgIpc) is 2.50. The van der Waals surface area contributed by atoms with Gasteiger partial charge in [-0.1, -0.05) is 23.2 Å². The molecule has 1 saturated heterocycles. The minimum Gasteiger partial charge on any atom is -0.506 e. The number of phenols is 1. The molecule has 0 atom stereocenters. The normalized spacial score (nSPS) is 15.5. The van der Waals surface area contributed by atoms with Crippen molar-refractivity contribution in [3.8, 4) is 5.75 Å². The van der Waals surface area contributed by atoms with Crippen molar-refractivity contribution in [2.45, 2.75) is 38.8 Å². The van der Waals surface area contributed by atoms with Crippen LogP contribution in [0.2, 0.25) is 10.0 Å². The molecule has 1 aromatic carbocycles. The van der Waals surface area contributed by atoms with Gasteiger partial charge in [0, 0.05) is 30.2 Å². The predicted molar refractivity (Wildman–Crippen MR) is 93.9 cm³/mol. The van der Waals surface area contributed by atoms with E-state index in [-0.39, 0.29) is 39.5 Å². The van der Waals surface area contributed by atoms with Crippen molar-refractivity contribution in [2.75, 3.05) is 13.1 Å². The van der Waals surface area contributed by atoms with Gasteiger partial charge in [0.25, 0.3) is 5.91 Å². The SMILES string of the molecule is CC(C)NC(=O)N1CCC(NC(=O)c2cc(Cl)cc(Cl)c2O)CC1. The van der Waals surface area contributed by atoms with E-state index in [4.69, 9.17) is 23.2 Å². The van der Waals surface area contributed by atoms with Crippen LogP contribution in [0.5, 0.6) is 5.75 Å². The van der Waals surface area contributed by atoms with E-state index < -0.39 is 5.91 Å². The Balaban J connectivity index is 1.92. The van der Waals surface area contributed by atoms with Gasteiger partial charge < -0.3 is 20.6 Å². The number of nitrogens with one attached hydrogen (secondary N) is 2. The Labute approximate surface area is 151 Å². The van der Waals surface area contributed by atoms with Crippen molar-refractivity contribution in [3.63, 3.8) is 0 Å². The number of hydrogen-bond donors (Lipinski definition) is 3. The van der Waals surface area contributed by atoms with E-state index in [9.17, 15) is 14.7 Å². The van der Waals surface area contributed by atoms with E-state index >= 15 is 0 Å². The summed E-state index contributed by atoms with van der Waals surface area (Å²) in [5, 5.41) is 15.9. The Morgan fingerprint density at radius 2 is 1.88 bits per heavy atom. The summed E-state index contributed by atoms with van der Waals surface area (Å²) >= 11 is 11.7. The number of piperidine rings is 1. The number of aromatic hydroxyl groups is 1. The molecule has 1 fully saturated rings. The van der Waals surface area contributed by atoms with Crippen LogP contribution in [0.15, 0.2) is 12.1 Å². The molecule has 0 saturated carbocycles. The molecule has 1 aliphatic rings. The molecule has 0 bridgehead atoms. The van der Waals surface area contributed by atoms with Crippen molar-refractivity contribution >= 4 is 35.1 Å². The topological polar surface area (TPSA) is 81.7 Å². The summed E-state index contributed by atoms with van der Waals surface area (Å²) < 4.78 is 0. The zero-order chi connectivity index (χ0) is 17.9. The van der Waals surface area contributed by atoms with Gasteiger partial charge in [-0.2, -0.15) is 0 Å². The highest BCUT2D eigenvalue weighted by Crippen LogP contribution is 2.31. The van der Waals surface area contributed by atoms with E-state index in [1.165, 1.54) is 12.1 Å². The van der Waals surface area contributed by atoms with Gasteiger partial charge in [0.05, 0.1) is 10.6 Å². The van der Waals surface area contributed by atoms with Gasteiger partial charge >= 0.3 is 6.03 Å². The van der Waals surface area contributed by atoms with Gasteiger partial charge in [0.2, 0.25) is 0 Å². The lowest BCUT2D eigenvalue weighted by molar-refractivity contribution is 0.0915. The number of likely N-dealkylation sites (tertiary alicyclic amines) is 1. The van der Waals surface area contributed by atoms with E-state index in [1.807, 2.05) is 13.8 Å². The second-order valence-electron chi connectivity index (χ2n) is 6.12. The van der Waals surface area contributed by atoms with Crippen LogP contribution >= 0.6 is 23.2 Å². The number of amides is 3. The Morgan fingerprint density at radius 3 is 2.46 bits per heavy atom. The van der Waals surface area contributed by atoms with Crippen LogP contribution < -0.4 is 10.6 Å². The van der Waals surface area contributed by atoms with Crippen molar-refractivity contribution in [1.82, 2.24) is 15.5 Å². The van der Waals surface area contributed by atoms with Crippen LogP contribution in [0.4, 0.5) is 4.79 Å². The fourth-order valence-corrected chi connectivity index (χ4v) is 3.06. The molecule has 0 radical (unpaired) electrons. The maximum absolute atomic E-state index is 12.3. The Morgan fingerprint density at radius 1 is 1.25 bits per heavy atom. The number of benzene rings is 1. The van der Waals surface area contributed by atoms with E-state index in [0.29, 0.717) is 25.9 Å². The Bertz CT molecular complexity index is 629. The molecule has 1 aliphatic heterocycles. The van der Waals surface area contributed by atoms with Crippen LogP contribution in [0.1, 0.15) is 37.0 Å². The molecule has 1 heterocycles. The van der Waals surface area contributed by atoms with E-state index in [2.05, 4.69) is 10.6 Å². The lowest BCUT2D eigenvalue weighted by Crippen LogP contribution is -2.50. The number of phenolic OH excluding ortho intramolecular Hbond substituents is 1. The second kappa shape index (κ2) is 7.94. The number of carbonyl (C=O) groups is 2. The number of halogens is 2. The standard InChI is InChI=1S/C16H21Cl2N3O3/c1-9(2)19-16(24)21-5-3-11(4-6-21)20-15(23)12-7-10(17)8-13(18)14(12)22/h7-9,11,22H,3-6H2,1-2H3,(H,19,24)(H,20,23). The number of urea groups is 1. The first-order chi connectivity index (χ1) is 11.3. The summed E-state index contributed by atoms with van der Waals surface area (Å²) in [4.78, 5) is 26.0. The fourth-order valence-electron chi connectivity index (χ4n) is 2.57. The highest BCUT2D eigenvalue weighted by molar-refractivity contribution is 6.36. The number of carbonyl (C=O) groups excluding carboxylic acids is 2. The van der Waals surface area contributed by atoms with Gasteiger partial charge in [0.15, 0.2) is 0 Å². The van der Waals surface area contributed by atoms with Crippen LogP contribution in [-0.2, 0) is 0 Å². The Hall–Kier alpha value is -1.66. The van der Waals surface area contributed by atoms with Gasteiger partial charge in [-0.15, -0.1) is 0 Å². The molecule has 132 valence electrons. The number of nitrogens with zero attached hydrogens (tertiary/aromatic N) is 1. The molecule has 0 aromatic heterocycles. The monoisotopic (exact) mass is 373 g/mol. The van der Waals surface area contributed by atoms with Gasteiger partial charge in [-0.05, 0) is 38.8 Å². The molecule has 0 aliphatic carbocycles. The third-order valence-electron chi connectivity index (χ3n) is 3.80. The summed E-state index contributed by atoms with van der Waals surface area (Å²) in [5.41, 5.74) is 0.0486. The highest BCUT2D eigenvalue weighted by atomic mass is 35.5. The smallest absolute Gasteiger partial charge is 0.317 e. The summed E-state index contributed by atoms with van der Waals surface area (Å²) in [7, 11) is 0. The molecular weight excluding hydrogens is 353 g/mol. The molecule has 2 rings (SSSR count). The molecule has 0 spiro atoms. The minimum absolute atomic E-state index is 0.0350. The van der Waals surface area contributed by atoms with Crippen LogP contribution in [0.25, 0.3) is 0 Å². The molecule has 1 aromatic rings. The first kappa shape index (κ1) is 18.7. The summed E-state index contributed by atoms with van der Waals surface area (Å²) in [6.45, 7) is 4.94. The Kier molecular flexibility index (Phi) is 6.18. The second-order valence-corrected chi connectivity index (χ2v) is 6.97. The molecule has 6 nitrogen and oxygen atoms in total. The summed E-state index contributed by atoms with van der Waals surface area (Å²) in [5.74, 6) is -0.714. The summed E-state index contributed by atoms with van der Waals surface area (Å²) in [6.07, 6.45) is 1.29. The summed E-state index contributed by atoms with van der Waals surface area (Å²) in [6, 6.07) is 2.68. The van der Waals surface area contributed by atoms with Crippen LogP contribution in [-0.4, -0.2) is 47.1 Å². The van der Waals surface area contributed by atoms with Gasteiger partial charge in [-0.25, -0.2) is 4.79 Å². The fraction of sp³-hybridized carbons (Fsp3) is 0.500. The van der Waals surface area contributed by atoms with Crippen LogP contribution in [0, 0.1) is 0 Å². The van der Waals surface area contributed by atoms with Crippen molar-refractivity contribution in [3.05, 3.63) is 27.7 Å². The first-order valence-corrected chi connectivity index (χ1v) is 8.58. The van der Waals surface area contributed by atoms with Crippen molar-refractivity contribution < 1.29 is 14.7 Å². The third kappa shape index (κ3) is 4.68. The van der Waals surface area contributed by atoms with Gasteiger partial charge in [0.1, 0.15) is 5.75 Å². The zero-order valence-electron chi connectivity index (χ0n) is 13.6. The maximum atomic E-state index is 12.3. The quantitative estimate of drug-likeness (QED) is 0.761. The molecular formula is C16H21Cl2N3O3. The maximum Gasteiger partial charge on any atom is 0.317 e. The number of rotatable bonds is 3. The largest absolute Gasteiger partial charge is 0.506 e. The molecule has 3 amide bonds. The van der Waals surface area contributed by atoms with Crippen molar-refractivity contribution in [2.24, 2.45) is 0 Å². The third-order valence-corrected chi connectivity index (χ3v) is 4.31. The average molecular weight is 374 g/mol. The minimum atomic E-state index is -0.429. The molecule has 3 N–H and O–H groups in total. The van der Waals surface area contributed by atoms with Gasteiger partial charge in [-0.3, -0.25) is 4.79 Å². The van der Waals surface area contributed by atoms with Crippen molar-refractivity contribution in [1.29, 1.82) is 0 Å². The molecule has 0 unspecified atom stereocenters. The lowest BCUT2D eigenvalue weighted by Gasteiger charge is -2.33. The zero-order valence-corrected chi connectivity index (χ0v) is 15.1.